The number of nitrogens with zero attached hydrogens (tertiary/aromatic N) is 1. The first-order valence-corrected chi connectivity index (χ1v) is 4.59. The standard InChI is InChI=1S/C10H14N2O3/c1-11-5-6-15-8-3-4-12-9(7-8)10(13)14-2/h3-4,7,11H,5-6H2,1-2H3. The second-order valence-electron chi connectivity index (χ2n) is 2.82. The molecule has 0 fully saturated rings. The normalized spacial score (nSPS) is 9.73. The number of carbonyl (C=O) groups excluding carboxylic acids is 1. The van der Waals surface area contributed by atoms with E-state index < -0.39 is 5.97 Å². The van der Waals surface area contributed by atoms with Gasteiger partial charge in [0.15, 0.2) is 5.69 Å². The molecule has 1 N–H and O–H groups in total. The summed E-state index contributed by atoms with van der Waals surface area (Å²) in [5.41, 5.74) is 0.249. The molecule has 1 heterocycles. The fraction of sp³-hybridized carbons (Fsp3) is 0.400. The van der Waals surface area contributed by atoms with Gasteiger partial charge in [-0.2, -0.15) is 0 Å². The highest BCUT2D eigenvalue weighted by molar-refractivity contribution is 5.87. The molecule has 0 spiro atoms. The fourth-order valence-electron chi connectivity index (χ4n) is 0.988. The van der Waals surface area contributed by atoms with E-state index in [1.807, 2.05) is 7.05 Å². The van der Waals surface area contributed by atoms with Crippen molar-refractivity contribution in [2.45, 2.75) is 0 Å². The predicted molar refractivity (Wildman–Crippen MR) is 55.0 cm³/mol. The number of hydrogen-bond donors (Lipinski definition) is 1. The van der Waals surface area contributed by atoms with Crippen molar-refractivity contribution in [3.63, 3.8) is 0 Å². The Morgan fingerprint density at radius 3 is 3.07 bits per heavy atom. The van der Waals surface area contributed by atoms with Gasteiger partial charge in [-0.05, 0) is 13.1 Å². The third kappa shape index (κ3) is 3.55. The molecular weight excluding hydrogens is 196 g/mol. The van der Waals surface area contributed by atoms with Crippen LogP contribution in [0.3, 0.4) is 0 Å². The number of pyridine rings is 1. The number of rotatable bonds is 5. The molecule has 0 saturated heterocycles. The topological polar surface area (TPSA) is 60.5 Å². The number of ether oxygens (including phenoxy) is 2. The maximum absolute atomic E-state index is 11.1. The smallest absolute Gasteiger partial charge is 0.356 e. The summed E-state index contributed by atoms with van der Waals surface area (Å²) in [5, 5.41) is 2.95. The molecule has 82 valence electrons. The summed E-state index contributed by atoms with van der Waals surface area (Å²) in [4.78, 5) is 15.0. The van der Waals surface area contributed by atoms with Crippen molar-refractivity contribution in [3.8, 4) is 5.75 Å². The molecule has 1 aromatic heterocycles. The minimum Gasteiger partial charge on any atom is -0.492 e. The lowest BCUT2D eigenvalue weighted by Gasteiger charge is -2.06. The van der Waals surface area contributed by atoms with Crippen molar-refractivity contribution in [2.24, 2.45) is 0 Å². The van der Waals surface area contributed by atoms with E-state index in [0.29, 0.717) is 12.4 Å². The van der Waals surface area contributed by atoms with Gasteiger partial charge in [0.1, 0.15) is 12.4 Å². The summed E-state index contributed by atoms with van der Waals surface area (Å²) in [6.45, 7) is 1.29. The molecule has 15 heavy (non-hydrogen) atoms. The molecule has 0 radical (unpaired) electrons. The first-order valence-electron chi connectivity index (χ1n) is 4.59. The highest BCUT2D eigenvalue weighted by Gasteiger charge is 2.07. The maximum atomic E-state index is 11.1. The highest BCUT2D eigenvalue weighted by Crippen LogP contribution is 2.11. The van der Waals surface area contributed by atoms with Crippen molar-refractivity contribution in [3.05, 3.63) is 24.0 Å². The van der Waals surface area contributed by atoms with Gasteiger partial charge in [-0.25, -0.2) is 9.78 Å². The lowest BCUT2D eigenvalue weighted by Crippen LogP contribution is -2.16. The largest absolute Gasteiger partial charge is 0.492 e. The number of methoxy groups -OCH3 is 1. The molecule has 0 atom stereocenters. The van der Waals surface area contributed by atoms with Crippen LogP contribution in [0.2, 0.25) is 0 Å². The Kier molecular flexibility index (Phi) is 4.56. The van der Waals surface area contributed by atoms with E-state index in [-0.39, 0.29) is 5.69 Å². The van der Waals surface area contributed by atoms with Crippen LogP contribution in [0.25, 0.3) is 0 Å². The molecule has 5 heteroatoms. The zero-order valence-corrected chi connectivity index (χ0v) is 8.82. The van der Waals surface area contributed by atoms with Gasteiger partial charge in [0, 0.05) is 18.8 Å². The van der Waals surface area contributed by atoms with E-state index in [0.717, 1.165) is 6.54 Å². The van der Waals surface area contributed by atoms with Crippen LogP contribution in [-0.2, 0) is 4.74 Å². The Morgan fingerprint density at radius 2 is 2.40 bits per heavy atom. The van der Waals surface area contributed by atoms with Crippen LogP contribution in [0.15, 0.2) is 18.3 Å². The summed E-state index contributed by atoms with van der Waals surface area (Å²) in [7, 11) is 3.16. The third-order valence-corrected chi connectivity index (χ3v) is 1.75. The number of hydrogen-bond acceptors (Lipinski definition) is 5. The van der Waals surface area contributed by atoms with Gasteiger partial charge in [0.25, 0.3) is 0 Å². The Bertz CT molecular complexity index is 328. The van der Waals surface area contributed by atoms with Crippen molar-refractivity contribution in [1.82, 2.24) is 10.3 Å². The second-order valence-corrected chi connectivity index (χ2v) is 2.82. The van der Waals surface area contributed by atoms with E-state index in [1.165, 1.54) is 13.3 Å². The lowest BCUT2D eigenvalue weighted by molar-refractivity contribution is 0.0593. The average Bonchev–Trinajstić information content (AvgIpc) is 2.29. The van der Waals surface area contributed by atoms with Crippen LogP contribution >= 0.6 is 0 Å². The minimum atomic E-state index is -0.464. The summed E-state index contributed by atoms with van der Waals surface area (Å²) < 4.78 is 9.92. The van der Waals surface area contributed by atoms with Crippen molar-refractivity contribution in [2.75, 3.05) is 27.3 Å². The van der Waals surface area contributed by atoms with Gasteiger partial charge in [0.2, 0.25) is 0 Å². The van der Waals surface area contributed by atoms with Crippen LogP contribution in [0.5, 0.6) is 5.75 Å². The first-order chi connectivity index (χ1) is 7.27. The Morgan fingerprint density at radius 1 is 1.60 bits per heavy atom. The van der Waals surface area contributed by atoms with Crippen molar-refractivity contribution >= 4 is 5.97 Å². The summed E-state index contributed by atoms with van der Waals surface area (Å²) in [6, 6.07) is 3.25. The van der Waals surface area contributed by atoms with Crippen LogP contribution in [0, 0.1) is 0 Å². The fourth-order valence-corrected chi connectivity index (χ4v) is 0.988. The molecule has 0 aromatic carbocycles. The quantitative estimate of drug-likeness (QED) is 0.565. The van der Waals surface area contributed by atoms with E-state index in [9.17, 15) is 4.79 Å². The number of esters is 1. The SMILES string of the molecule is CNCCOc1ccnc(C(=O)OC)c1. The number of aromatic nitrogens is 1. The molecule has 1 rings (SSSR count). The molecule has 1 aromatic rings. The minimum absolute atomic E-state index is 0.249. The van der Waals surface area contributed by atoms with Crippen LogP contribution in [0.1, 0.15) is 10.5 Å². The number of likely N-dealkylation sites (N-methyl/N-ethyl adjacent to an activating group) is 1. The summed E-state index contributed by atoms with van der Waals surface area (Å²) in [5.74, 6) is 0.148. The predicted octanol–water partition coefficient (Wildman–Crippen LogP) is 0.466. The zero-order valence-electron chi connectivity index (χ0n) is 8.82. The zero-order chi connectivity index (χ0) is 11.1. The Hall–Kier alpha value is -1.62. The Balaban J connectivity index is 2.62. The molecule has 0 bridgehead atoms. The molecule has 0 aliphatic rings. The molecule has 0 aliphatic carbocycles. The van der Waals surface area contributed by atoms with E-state index in [1.54, 1.807) is 12.1 Å². The van der Waals surface area contributed by atoms with Gasteiger partial charge in [0.05, 0.1) is 7.11 Å². The third-order valence-electron chi connectivity index (χ3n) is 1.75. The van der Waals surface area contributed by atoms with Gasteiger partial charge in [-0.15, -0.1) is 0 Å². The van der Waals surface area contributed by atoms with Crippen LogP contribution < -0.4 is 10.1 Å². The average molecular weight is 210 g/mol. The number of nitrogens with one attached hydrogen (secondary N) is 1. The van der Waals surface area contributed by atoms with Crippen molar-refractivity contribution in [1.29, 1.82) is 0 Å². The van der Waals surface area contributed by atoms with E-state index in [4.69, 9.17) is 4.74 Å². The van der Waals surface area contributed by atoms with Gasteiger partial charge < -0.3 is 14.8 Å². The summed E-state index contributed by atoms with van der Waals surface area (Å²) in [6.07, 6.45) is 1.51. The molecule has 0 amide bonds. The summed E-state index contributed by atoms with van der Waals surface area (Å²) >= 11 is 0. The van der Waals surface area contributed by atoms with Crippen LogP contribution in [0.4, 0.5) is 0 Å². The van der Waals surface area contributed by atoms with Crippen LogP contribution in [-0.4, -0.2) is 38.3 Å². The molecule has 0 saturated carbocycles. The Labute approximate surface area is 88.4 Å². The maximum Gasteiger partial charge on any atom is 0.356 e. The molecule has 0 unspecified atom stereocenters. The molecule has 5 nitrogen and oxygen atoms in total. The monoisotopic (exact) mass is 210 g/mol. The van der Waals surface area contributed by atoms with E-state index >= 15 is 0 Å². The van der Waals surface area contributed by atoms with E-state index in [2.05, 4.69) is 15.0 Å². The lowest BCUT2D eigenvalue weighted by atomic mass is 10.3. The molecule has 0 aliphatic heterocycles. The first kappa shape index (κ1) is 11.5. The number of carbonyl (C=O) groups is 1. The molecular formula is C10H14N2O3. The highest BCUT2D eigenvalue weighted by atomic mass is 16.5. The van der Waals surface area contributed by atoms with Crippen molar-refractivity contribution < 1.29 is 14.3 Å². The second kappa shape index (κ2) is 5.98. The van der Waals surface area contributed by atoms with Gasteiger partial charge in [-0.1, -0.05) is 0 Å². The van der Waals surface area contributed by atoms with Gasteiger partial charge >= 0.3 is 5.97 Å². The van der Waals surface area contributed by atoms with Gasteiger partial charge in [-0.3, -0.25) is 0 Å².